The Bertz CT molecular complexity index is 886. The Kier molecular flexibility index (Phi) is 7.01. The molecule has 2 unspecified atom stereocenters. The van der Waals surface area contributed by atoms with Gasteiger partial charge in [0, 0.05) is 16.7 Å². The summed E-state index contributed by atoms with van der Waals surface area (Å²) >= 11 is 3.63. The zero-order chi connectivity index (χ0) is 21.1. The molecule has 4 nitrogen and oxygen atoms in total. The van der Waals surface area contributed by atoms with Crippen LogP contribution in [0.5, 0.6) is 0 Å². The molecule has 156 valence electrons. The SMILES string of the molecule is CCCc1cc(Br)cc2c1NCCC2NC(=O)C(N)Cc1c(C)cc(C)cc1C. The number of carbonyl (C=O) groups is 1. The maximum absolute atomic E-state index is 12.9. The van der Waals surface area contributed by atoms with Gasteiger partial charge in [0.15, 0.2) is 0 Å². The van der Waals surface area contributed by atoms with Gasteiger partial charge in [-0.2, -0.15) is 0 Å². The Morgan fingerprint density at radius 3 is 2.59 bits per heavy atom. The first-order valence-electron chi connectivity index (χ1n) is 10.5. The van der Waals surface area contributed by atoms with Crippen LogP contribution in [-0.2, 0) is 17.6 Å². The molecule has 1 aliphatic rings. The average Bonchev–Trinajstić information content (AvgIpc) is 2.65. The van der Waals surface area contributed by atoms with Crippen LogP contribution in [0.4, 0.5) is 5.69 Å². The van der Waals surface area contributed by atoms with E-state index in [1.165, 1.54) is 33.5 Å². The monoisotopic (exact) mass is 457 g/mol. The summed E-state index contributed by atoms with van der Waals surface area (Å²) in [5.41, 5.74) is 14.8. The van der Waals surface area contributed by atoms with E-state index in [1.54, 1.807) is 0 Å². The fraction of sp³-hybridized carbons (Fsp3) is 0.458. The summed E-state index contributed by atoms with van der Waals surface area (Å²) < 4.78 is 1.05. The standard InChI is InChI=1S/C24H32BrN3O/c1-5-6-17-11-18(25)12-20-22(7-8-27-23(17)20)28-24(29)21(26)13-19-15(3)9-14(2)10-16(19)4/h9-12,21-22,27H,5-8,13,26H2,1-4H3,(H,28,29). The second-order valence-corrected chi connectivity index (χ2v) is 9.16. The largest absolute Gasteiger partial charge is 0.384 e. The van der Waals surface area contributed by atoms with Crippen molar-refractivity contribution in [3.05, 3.63) is 62.1 Å². The molecule has 5 heteroatoms. The molecule has 1 aliphatic heterocycles. The van der Waals surface area contributed by atoms with Crippen molar-refractivity contribution < 1.29 is 4.79 Å². The van der Waals surface area contributed by atoms with Crippen LogP contribution >= 0.6 is 15.9 Å². The lowest BCUT2D eigenvalue weighted by Gasteiger charge is -2.30. The Hall–Kier alpha value is -1.85. The van der Waals surface area contributed by atoms with E-state index in [0.717, 1.165) is 35.8 Å². The minimum Gasteiger partial charge on any atom is -0.384 e. The van der Waals surface area contributed by atoms with Crippen molar-refractivity contribution >= 4 is 27.5 Å². The molecule has 1 heterocycles. The lowest BCUT2D eigenvalue weighted by atomic mass is 9.92. The van der Waals surface area contributed by atoms with Crippen LogP contribution in [0.25, 0.3) is 0 Å². The summed E-state index contributed by atoms with van der Waals surface area (Å²) in [6, 6.07) is 8.03. The van der Waals surface area contributed by atoms with Crippen LogP contribution in [-0.4, -0.2) is 18.5 Å². The summed E-state index contributed by atoms with van der Waals surface area (Å²) in [5.74, 6) is -0.0840. The van der Waals surface area contributed by atoms with Gasteiger partial charge in [0.25, 0.3) is 0 Å². The van der Waals surface area contributed by atoms with Crippen LogP contribution in [0, 0.1) is 20.8 Å². The van der Waals surface area contributed by atoms with E-state index < -0.39 is 6.04 Å². The zero-order valence-corrected chi connectivity index (χ0v) is 19.4. The van der Waals surface area contributed by atoms with Crippen molar-refractivity contribution in [2.24, 2.45) is 5.73 Å². The van der Waals surface area contributed by atoms with Crippen LogP contribution in [0.2, 0.25) is 0 Å². The number of aryl methyl sites for hydroxylation is 4. The van der Waals surface area contributed by atoms with Crippen molar-refractivity contribution in [3.63, 3.8) is 0 Å². The molecule has 0 saturated heterocycles. The van der Waals surface area contributed by atoms with E-state index in [1.807, 2.05) is 0 Å². The number of hydrogen-bond donors (Lipinski definition) is 3. The summed E-state index contributed by atoms with van der Waals surface area (Å²) in [6.07, 6.45) is 3.51. The number of benzene rings is 2. The first-order chi connectivity index (χ1) is 13.8. The Labute approximate surface area is 182 Å². The van der Waals surface area contributed by atoms with Crippen LogP contribution in [0.15, 0.2) is 28.7 Å². The Morgan fingerprint density at radius 2 is 1.93 bits per heavy atom. The third-order valence-electron chi connectivity index (χ3n) is 5.76. The van der Waals surface area contributed by atoms with Crippen molar-refractivity contribution in [3.8, 4) is 0 Å². The van der Waals surface area contributed by atoms with Gasteiger partial charge in [0.2, 0.25) is 5.91 Å². The fourth-order valence-corrected chi connectivity index (χ4v) is 4.94. The van der Waals surface area contributed by atoms with Gasteiger partial charge in [-0.05, 0) is 80.0 Å². The molecular formula is C24H32BrN3O. The topological polar surface area (TPSA) is 67.1 Å². The smallest absolute Gasteiger partial charge is 0.237 e. The lowest BCUT2D eigenvalue weighted by molar-refractivity contribution is -0.123. The first kappa shape index (κ1) is 21.8. The third-order valence-corrected chi connectivity index (χ3v) is 6.22. The van der Waals surface area contributed by atoms with E-state index in [0.29, 0.717) is 6.42 Å². The van der Waals surface area contributed by atoms with Gasteiger partial charge < -0.3 is 16.4 Å². The number of carbonyl (C=O) groups excluding carboxylic acids is 1. The molecule has 0 bridgehead atoms. The zero-order valence-electron chi connectivity index (χ0n) is 17.9. The number of halogens is 1. The maximum atomic E-state index is 12.9. The lowest BCUT2D eigenvalue weighted by Crippen LogP contribution is -2.45. The molecule has 0 saturated carbocycles. The minimum atomic E-state index is -0.560. The number of nitrogens with two attached hydrogens (primary N) is 1. The molecule has 4 N–H and O–H groups in total. The number of hydrogen-bond acceptors (Lipinski definition) is 3. The number of nitrogens with one attached hydrogen (secondary N) is 2. The van der Waals surface area contributed by atoms with Gasteiger partial charge >= 0.3 is 0 Å². The predicted octanol–water partition coefficient (Wildman–Crippen LogP) is 4.87. The molecule has 1 amide bonds. The number of fused-ring (bicyclic) bond motifs is 1. The number of rotatable bonds is 6. The molecule has 0 radical (unpaired) electrons. The highest BCUT2D eigenvalue weighted by Crippen LogP contribution is 2.36. The first-order valence-corrected chi connectivity index (χ1v) is 11.3. The summed E-state index contributed by atoms with van der Waals surface area (Å²) in [6.45, 7) is 9.31. The van der Waals surface area contributed by atoms with Crippen LogP contribution in [0.1, 0.15) is 59.2 Å². The van der Waals surface area contributed by atoms with Crippen molar-refractivity contribution in [2.75, 3.05) is 11.9 Å². The molecule has 2 atom stereocenters. The van der Waals surface area contributed by atoms with Gasteiger partial charge in [0.1, 0.15) is 0 Å². The second-order valence-electron chi connectivity index (χ2n) is 8.24. The average molecular weight is 458 g/mol. The molecule has 0 spiro atoms. The predicted molar refractivity (Wildman–Crippen MR) is 124 cm³/mol. The summed E-state index contributed by atoms with van der Waals surface area (Å²) in [7, 11) is 0. The van der Waals surface area contributed by atoms with Crippen LogP contribution in [0.3, 0.4) is 0 Å². The van der Waals surface area contributed by atoms with Gasteiger partial charge in [-0.3, -0.25) is 4.79 Å². The maximum Gasteiger partial charge on any atom is 0.237 e. The third kappa shape index (κ3) is 5.01. The highest BCUT2D eigenvalue weighted by molar-refractivity contribution is 9.10. The van der Waals surface area contributed by atoms with E-state index in [-0.39, 0.29) is 11.9 Å². The second kappa shape index (κ2) is 9.31. The molecule has 0 fully saturated rings. The minimum absolute atomic E-state index is 0.0156. The summed E-state index contributed by atoms with van der Waals surface area (Å²) in [4.78, 5) is 12.9. The molecular weight excluding hydrogens is 426 g/mol. The molecule has 0 aliphatic carbocycles. The van der Waals surface area contributed by atoms with Crippen LogP contribution < -0.4 is 16.4 Å². The summed E-state index contributed by atoms with van der Waals surface area (Å²) in [5, 5.41) is 6.75. The van der Waals surface area contributed by atoms with Crippen molar-refractivity contribution in [1.29, 1.82) is 0 Å². The van der Waals surface area contributed by atoms with Crippen molar-refractivity contribution in [1.82, 2.24) is 5.32 Å². The van der Waals surface area contributed by atoms with Gasteiger partial charge in [0.05, 0.1) is 12.1 Å². The van der Waals surface area contributed by atoms with Gasteiger partial charge in [-0.15, -0.1) is 0 Å². The molecule has 0 aromatic heterocycles. The Balaban J connectivity index is 1.77. The fourth-order valence-electron chi connectivity index (χ4n) is 4.41. The highest BCUT2D eigenvalue weighted by atomic mass is 79.9. The van der Waals surface area contributed by atoms with E-state index >= 15 is 0 Å². The highest BCUT2D eigenvalue weighted by Gasteiger charge is 2.26. The van der Waals surface area contributed by atoms with E-state index in [4.69, 9.17) is 5.73 Å². The molecule has 29 heavy (non-hydrogen) atoms. The van der Waals surface area contributed by atoms with Gasteiger partial charge in [-0.25, -0.2) is 0 Å². The van der Waals surface area contributed by atoms with E-state index in [2.05, 4.69) is 78.5 Å². The van der Waals surface area contributed by atoms with Gasteiger partial charge in [-0.1, -0.05) is 47.0 Å². The molecule has 2 aromatic rings. The quantitative estimate of drug-likeness (QED) is 0.579. The molecule has 2 aromatic carbocycles. The van der Waals surface area contributed by atoms with E-state index in [9.17, 15) is 4.79 Å². The molecule has 3 rings (SSSR count). The van der Waals surface area contributed by atoms with Crippen molar-refractivity contribution in [2.45, 2.75) is 65.5 Å². The number of amides is 1. The normalized spacial score (nSPS) is 16.7. The number of anilines is 1. The Morgan fingerprint density at radius 1 is 1.24 bits per heavy atom.